The Labute approximate surface area is 128 Å². The number of fused-ring (bicyclic) bond motifs is 2. The third kappa shape index (κ3) is 2.61. The van der Waals surface area contributed by atoms with Crippen LogP contribution in [0.5, 0.6) is 0 Å². The van der Waals surface area contributed by atoms with Gasteiger partial charge in [0.2, 0.25) is 0 Å². The van der Waals surface area contributed by atoms with Crippen molar-refractivity contribution in [2.75, 3.05) is 6.61 Å². The number of benzene rings is 1. The van der Waals surface area contributed by atoms with Crippen molar-refractivity contribution in [1.29, 1.82) is 0 Å². The minimum absolute atomic E-state index is 0.0124. The normalized spacial score (nSPS) is 33.4. The lowest BCUT2D eigenvalue weighted by atomic mass is 9.70. The van der Waals surface area contributed by atoms with Gasteiger partial charge in [-0.3, -0.25) is 4.79 Å². The van der Waals surface area contributed by atoms with Crippen molar-refractivity contribution in [3.63, 3.8) is 0 Å². The second-order valence-corrected chi connectivity index (χ2v) is 6.26. The fraction of sp³-hybridized carbons (Fsp3) is 0.529. The highest BCUT2D eigenvalue weighted by atomic mass is 16.5. The van der Waals surface area contributed by atoms with Crippen LogP contribution in [0, 0.1) is 23.7 Å². The van der Waals surface area contributed by atoms with Gasteiger partial charge in [-0.1, -0.05) is 18.2 Å². The number of ether oxygens (including phenoxy) is 1. The molecule has 0 saturated heterocycles. The molecule has 2 saturated carbocycles. The van der Waals surface area contributed by atoms with E-state index in [0.29, 0.717) is 12.0 Å². The number of aliphatic carboxylic acids is 1. The van der Waals surface area contributed by atoms with Crippen molar-refractivity contribution in [2.45, 2.75) is 25.4 Å². The predicted octanol–water partition coefficient (Wildman–Crippen LogP) is 1.95. The summed E-state index contributed by atoms with van der Waals surface area (Å²) >= 11 is 0. The lowest BCUT2D eigenvalue weighted by Crippen LogP contribution is -2.45. The largest absolute Gasteiger partial charge is 0.481 e. The van der Waals surface area contributed by atoms with Crippen molar-refractivity contribution in [1.82, 2.24) is 0 Å². The number of aliphatic hydroxyl groups excluding tert-OH is 1. The summed E-state index contributed by atoms with van der Waals surface area (Å²) in [6.45, 7) is 0.0124. The molecular weight excluding hydrogens is 284 g/mol. The Morgan fingerprint density at radius 1 is 1.18 bits per heavy atom. The van der Waals surface area contributed by atoms with Crippen LogP contribution in [0.2, 0.25) is 0 Å². The number of carboxylic acid groups (broad SMARTS) is 1. The van der Waals surface area contributed by atoms with Crippen LogP contribution in [-0.4, -0.2) is 34.9 Å². The average Bonchev–Trinajstić information content (AvgIpc) is 2.80. The van der Waals surface area contributed by atoms with E-state index < -0.39 is 24.0 Å². The Morgan fingerprint density at radius 2 is 1.91 bits per heavy atom. The van der Waals surface area contributed by atoms with Crippen molar-refractivity contribution in [3.05, 3.63) is 35.9 Å². The number of carbonyl (C=O) groups excluding carboxylic acids is 1. The Kier molecular flexibility index (Phi) is 4.16. The molecule has 5 unspecified atom stereocenters. The van der Waals surface area contributed by atoms with Crippen LogP contribution >= 0.6 is 0 Å². The molecule has 2 N–H and O–H groups in total. The first-order valence-corrected chi connectivity index (χ1v) is 7.71. The summed E-state index contributed by atoms with van der Waals surface area (Å²) in [5.41, 5.74) is 0.434. The van der Waals surface area contributed by atoms with Gasteiger partial charge in [-0.2, -0.15) is 0 Å². The monoisotopic (exact) mass is 304 g/mol. The molecule has 1 aromatic rings. The topological polar surface area (TPSA) is 83.8 Å². The summed E-state index contributed by atoms with van der Waals surface area (Å²) in [5, 5.41) is 19.1. The molecule has 1 aromatic carbocycles. The molecule has 0 spiro atoms. The summed E-state index contributed by atoms with van der Waals surface area (Å²) in [5.74, 6) is -1.96. The fourth-order valence-corrected chi connectivity index (χ4v) is 4.17. The van der Waals surface area contributed by atoms with Crippen molar-refractivity contribution < 1.29 is 24.5 Å². The Bertz CT molecular complexity index is 555. The molecule has 2 fully saturated rings. The van der Waals surface area contributed by atoms with Crippen LogP contribution in [0.3, 0.4) is 0 Å². The minimum Gasteiger partial charge on any atom is -0.481 e. The quantitative estimate of drug-likeness (QED) is 0.831. The van der Waals surface area contributed by atoms with E-state index >= 15 is 0 Å². The van der Waals surface area contributed by atoms with Crippen LogP contribution in [0.1, 0.15) is 29.6 Å². The summed E-state index contributed by atoms with van der Waals surface area (Å²) in [4.78, 5) is 23.9. The van der Waals surface area contributed by atoms with Gasteiger partial charge >= 0.3 is 11.9 Å². The van der Waals surface area contributed by atoms with Crippen LogP contribution in [0.15, 0.2) is 30.3 Å². The SMILES string of the molecule is O=C(OC1CC2CCC(C2CO)C1C(=O)O)c1ccccc1. The van der Waals surface area contributed by atoms with Crippen LogP contribution in [0.4, 0.5) is 0 Å². The second kappa shape index (κ2) is 6.08. The first-order valence-electron chi connectivity index (χ1n) is 7.71. The van der Waals surface area contributed by atoms with Gasteiger partial charge in [0.1, 0.15) is 6.10 Å². The molecule has 3 rings (SSSR count). The fourth-order valence-electron chi connectivity index (χ4n) is 4.17. The van der Waals surface area contributed by atoms with E-state index in [1.54, 1.807) is 24.3 Å². The molecule has 0 aromatic heterocycles. The number of carboxylic acids is 1. The average molecular weight is 304 g/mol. The van der Waals surface area contributed by atoms with E-state index in [4.69, 9.17) is 4.74 Å². The zero-order valence-corrected chi connectivity index (χ0v) is 12.2. The van der Waals surface area contributed by atoms with Gasteiger partial charge in [0.05, 0.1) is 11.5 Å². The van der Waals surface area contributed by atoms with E-state index in [2.05, 4.69) is 0 Å². The zero-order chi connectivity index (χ0) is 15.7. The van der Waals surface area contributed by atoms with Crippen LogP contribution in [0.25, 0.3) is 0 Å². The summed E-state index contributed by atoms with van der Waals surface area (Å²) in [6, 6.07) is 8.62. The number of hydrogen-bond acceptors (Lipinski definition) is 4. The molecule has 118 valence electrons. The maximum Gasteiger partial charge on any atom is 0.338 e. The number of hydrogen-bond donors (Lipinski definition) is 2. The lowest BCUT2D eigenvalue weighted by molar-refractivity contribution is -0.153. The number of aliphatic hydroxyl groups is 1. The molecule has 2 aliphatic rings. The van der Waals surface area contributed by atoms with E-state index in [1.807, 2.05) is 6.07 Å². The van der Waals surface area contributed by atoms with E-state index in [1.165, 1.54) is 0 Å². The smallest absolute Gasteiger partial charge is 0.338 e. The third-order valence-corrected chi connectivity index (χ3v) is 5.19. The maximum absolute atomic E-state index is 12.2. The van der Waals surface area contributed by atoms with Gasteiger partial charge in [-0.05, 0) is 49.1 Å². The van der Waals surface area contributed by atoms with E-state index in [-0.39, 0.29) is 24.4 Å². The van der Waals surface area contributed by atoms with Gasteiger partial charge in [-0.25, -0.2) is 4.79 Å². The second-order valence-electron chi connectivity index (χ2n) is 6.26. The number of esters is 1. The minimum atomic E-state index is -0.935. The van der Waals surface area contributed by atoms with Crippen molar-refractivity contribution >= 4 is 11.9 Å². The first kappa shape index (κ1) is 15.0. The standard InChI is InChI=1S/C17H20O5/c18-9-13-11-6-7-12(13)15(16(19)20)14(8-11)22-17(21)10-4-2-1-3-5-10/h1-5,11-15,18H,6-9H2,(H,19,20). The third-order valence-electron chi connectivity index (χ3n) is 5.19. The van der Waals surface area contributed by atoms with Gasteiger partial charge < -0.3 is 14.9 Å². The van der Waals surface area contributed by atoms with Crippen LogP contribution < -0.4 is 0 Å². The highest BCUT2D eigenvalue weighted by Crippen LogP contribution is 2.50. The predicted molar refractivity (Wildman–Crippen MR) is 78.2 cm³/mol. The summed E-state index contributed by atoms with van der Waals surface area (Å²) in [7, 11) is 0. The van der Waals surface area contributed by atoms with E-state index in [9.17, 15) is 19.8 Å². The highest BCUT2D eigenvalue weighted by Gasteiger charge is 2.52. The molecule has 22 heavy (non-hydrogen) atoms. The van der Waals surface area contributed by atoms with Crippen LogP contribution in [-0.2, 0) is 9.53 Å². The number of rotatable bonds is 4. The summed E-state index contributed by atoms with van der Waals surface area (Å²) < 4.78 is 5.52. The van der Waals surface area contributed by atoms with Gasteiger partial charge in [0.25, 0.3) is 0 Å². The molecule has 0 radical (unpaired) electrons. The van der Waals surface area contributed by atoms with E-state index in [0.717, 1.165) is 12.8 Å². The molecule has 5 heteroatoms. The van der Waals surface area contributed by atoms with Gasteiger partial charge in [0.15, 0.2) is 0 Å². The molecule has 2 aliphatic carbocycles. The molecule has 0 amide bonds. The zero-order valence-electron chi connectivity index (χ0n) is 12.2. The lowest BCUT2D eigenvalue weighted by Gasteiger charge is -2.38. The Morgan fingerprint density at radius 3 is 2.55 bits per heavy atom. The Balaban J connectivity index is 1.78. The van der Waals surface area contributed by atoms with Crippen molar-refractivity contribution in [2.24, 2.45) is 23.7 Å². The summed E-state index contributed by atoms with van der Waals surface area (Å²) in [6.07, 6.45) is 1.60. The highest BCUT2D eigenvalue weighted by molar-refractivity contribution is 5.89. The maximum atomic E-state index is 12.2. The molecule has 0 aliphatic heterocycles. The molecule has 5 atom stereocenters. The molecule has 2 bridgehead atoms. The first-order chi connectivity index (χ1) is 10.6. The Hall–Kier alpha value is -1.88. The molecule has 0 heterocycles. The van der Waals surface area contributed by atoms with Crippen molar-refractivity contribution in [3.8, 4) is 0 Å². The molecular formula is C17H20O5. The molecule has 5 nitrogen and oxygen atoms in total. The van der Waals surface area contributed by atoms with Gasteiger partial charge in [-0.15, -0.1) is 0 Å². The number of carbonyl (C=O) groups is 2. The van der Waals surface area contributed by atoms with Gasteiger partial charge in [0, 0.05) is 6.61 Å².